The fourth-order valence-corrected chi connectivity index (χ4v) is 3.22. The van der Waals surface area contributed by atoms with E-state index < -0.39 is 0 Å². The molecule has 0 unspecified atom stereocenters. The highest BCUT2D eigenvalue weighted by molar-refractivity contribution is 5.99. The molecule has 24 heavy (non-hydrogen) atoms. The Bertz CT molecular complexity index is 730. The van der Waals surface area contributed by atoms with Crippen LogP contribution in [0.15, 0.2) is 36.5 Å². The maximum absolute atomic E-state index is 12.3. The second-order valence-corrected chi connectivity index (χ2v) is 6.44. The molecule has 5 nitrogen and oxygen atoms in total. The predicted octanol–water partition coefficient (Wildman–Crippen LogP) is 1.33. The number of likely N-dealkylation sites (tertiary alicyclic amines) is 1. The summed E-state index contributed by atoms with van der Waals surface area (Å²) in [5, 5.41) is 2.94. The number of hydrogen-bond acceptors (Lipinski definition) is 2. The molecular formula is C19H24N3O2+. The van der Waals surface area contributed by atoms with Gasteiger partial charge in [-0.3, -0.25) is 9.59 Å². The van der Waals surface area contributed by atoms with Gasteiger partial charge in [0.05, 0.1) is 13.1 Å². The van der Waals surface area contributed by atoms with Crippen LogP contribution in [0.25, 0.3) is 0 Å². The van der Waals surface area contributed by atoms with Crippen LogP contribution in [0, 0.1) is 0 Å². The predicted molar refractivity (Wildman–Crippen MR) is 92.0 cm³/mol. The Hall–Kier alpha value is -2.40. The number of aromatic amines is 1. The van der Waals surface area contributed by atoms with Gasteiger partial charge in [-0.1, -0.05) is 24.3 Å². The molecule has 0 aliphatic carbocycles. The summed E-state index contributed by atoms with van der Waals surface area (Å²) in [5.74, 6) is -0.241. The van der Waals surface area contributed by atoms with Crippen LogP contribution in [0.4, 0.5) is 0 Å². The maximum atomic E-state index is 12.3. The van der Waals surface area contributed by atoms with Gasteiger partial charge in [-0.15, -0.1) is 0 Å². The summed E-state index contributed by atoms with van der Waals surface area (Å²) < 4.78 is 0. The fourth-order valence-electron chi connectivity index (χ4n) is 3.22. The van der Waals surface area contributed by atoms with Gasteiger partial charge in [0, 0.05) is 36.7 Å². The molecule has 0 atom stereocenters. The highest BCUT2D eigenvalue weighted by Crippen LogP contribution is 2.09. The van der Waals surface area contributed by atoms with E-state index in [-0.39, 0.29) is 11.7 Å². The van der Waals surface area contributed by atoms with Gasteiger partial charge in [-0.05, 0) is 18.6 Å². The third-order valence-electron chi connectivity index (χ3n) is 4.64. The molecule has 5 heteroatoms. The Kier molecular flexibility index (Phi) is 5.11. The zero-order valence-electron chi connectivity index (χ0n) is 14.0. The summed E-state index contributed by atoms with van der Waals surface area (Å²) >= 11 is 0. The zero-order chi connectivity index (χ0) is 16.9. The molecule has 1 aromatic carbocycles. The van der Waals surface area contributed by atoms with Gasteiger partial charge in [-0.2, -0.15) is 0 Å². The van der Waals surface area contributed by atoms with Gasteiger partial charge in [0.1, 0.15) is 12.2 Å². The number of quaternary nitrogens is 1. The van der Waals surface area contributed by atoms with Crippen molar-refractivity contribution in [2.45, 2.75) is 32.9 Å². The van der Waals surface area contributed by atoms with Crippen molar-refractivity contribution in [1.29, 1.82) is 0 Å². The lowest BCUT2D eigenvalue weighted by Crippen LogP contribution is -3.08. The largest absolute Gasteiger partial charge is 0.356 e. The molecule has 3 N–H and O–H groups in total. The molecule has 1 aliphatic rings. The Morgan fingerprint density at radius 2 is 1.88 bits per heavy atom. The first-order valence-corrected chi connectivity index (χ1v) is 8.51. The molecular weight excluding hydrogens is 302 g/mol. The number of nitrogens with one attached hydrogen (secondary N) is 3. The molecule has 1 aromatic heterocycles. The first-order valence-electron chi connectivity index (χ1n) is 8.51. The van der Waals surface area contributed by atoms with E-state index in [0.717, 1.165) is 12.1 Å². The van der Waals surface area contributed by atoms with Crippen LogP contribution in [0.2, 0.25) is 0 Å². The van der Waals surface area contributed by atoms with E-state index in [1.807, 2.05) is 6.07 Å². The molecule has 1 amide bonds. The molecule has 2 heterocycles. The van der Waals surface area contributed by atoms with Crippen LogP contribution in [0.5, 0.6) is 0 Å². The quantitative estimate of drug-likeness (QED) is 0.701. The maximum Gasteiger partial charge on any atom is 0.267 e. The van der Waals surface area contributed by atoms with Crippen LogP contribution in [-0.4, -0.2) is 29.8 Å². The van der Waals surface area contributed by atoms with Crippen molar-refractivity contribution >= 4 is 11.7 Å². The molecule has 0 bridgehead atoms. The van der Waals surface area contributed by atoms with E-state index in [0.29, 0.717) is 17.8 Å². The number of carbonyl (C=O) groups excluding carboxylic acids is 2. The minimum Gasteiger partial charge on any atom is -0.356 e. The van der Waals surface area contributed by atoms with Gasteiger partial charge in [0.25, 0.3) is 5.91 Å². The Labute approximate surface area is 142 Å². The van der Waals surface area contributed by atoms with E-state index in [1.165, 1.54) is 38.4 Å². The average molecular weight is 326 g/mol. The smallest absolute Gasteiger partial charge is 0.267 e. The van der Waals surface area contributed by atoms with E-state index in [2.05, 4.69) is 28.5 Å². The van der Waals surface area contributed by atoms with Crippen molar-refractivity contribution in [3.05, 3.63) is 58.9 Å². The van der Waals surface area contributed by atoms with Crippen LogP contribution in [0.1, 0.15) is 51.7 Å². The summed E-state index contributed by atoms with van der Waals surface area (Å²) in [7, 11) is 0. The fraction of sp³-hybridized carbons (Fsp3) is 0.368. The lowest BCUT2D eigenvalue weighted by Gasteiger charge is -2.15. The van der Waals surface area contributed by atoms with Crippen LogP contribution < -0.4 is 10.2 Å². The normalized spacial score (nSPS) is 14.7. The number of rotatable bonds is 6. The van der Waals surface area contributed by atoms with Gasteiger partial charge in [0.15, 0.2) is 5.78 Å². The minimum absolute atomic E-state index is 0.0516. The van der Waals surface area contributed by atoms with Crippen LogP contribution >= 0.6 is 0 Å². The standard InChI is InChI=1S/C19H23N3O2/c1-14(23)17-10-18(20-12-17)19(24)21-11-15-6-2-3-7-16(15)13-22-8-4-5-9-22/h2-3,6-7,10,12,20H,4-5,8-9,11,13H2,1H3,(H,21,24)/p+1. The molecule has 1 saturated heterocycles. The number of hydrogen-bond donors (Lipinski definition) is 3. The number of aromatic nitrogens is 1. The number of Topliss-reactive ketones (excluding diaryl/α,β-unsaturated/α-hetero) is 1. The first kappa shape index (κ1) is 16.5. The Morgan fingerprint density at radius 3 is 2.54 bits per heavy atom. The first-order chi connectivity index (χ1) is 11.6. The van der Waals surface area contributed by atoms with Gasteiger partial charge in [0.2, 0.25) is 0 Å². The summed E-state index contributed by atoms with van der Waals surface area (Å²) in [5.41, 5.74) is 3.40. The zero-order valence-corrected chi connectivity index (χ0v) is 14.0. The van der Waals surface area contributed by atoms with Crippen molar-refractivity contribution in [1.82, 2.24) is 10.3 Å². The number of carbonyl (C=O) groups is 2. The molecule has 126 valence electrons. The van der Waals surface area contributed by atoms with E-state index in [4.69, 9.17) is 0 Å². The van der Waals surface area contributed by atoms with Gasteiger partial charge >= 0.3 is 0 Å². The van der Waals surface area contributed by atoms with Crippen molar-refractivity contribution < 1.29 is 14.5 Å². The molecule has 1 fully saturated rings. The molecule has 3 rings (SSSR count). The van der Waals surface area contributed by atoms with Crippen molar-refractivity contribution in [3.8, 4) is 0 Å². The van der Waals surface area contributed by atoms with Crippen molar-refractivity contribution in [3.63, 3.8) is 0 Å². The summed E-state index contributed by atoms with van der Waals surface area (Å²) in [6, 6.07) is 9.88. The molecule has 0 spiro atoms. The second kappa shape index (κ2) is 7.45. The molecule has 1 aliphatic heterocycles. The Balaban J connectivity index is 1.63. The van der Waals surface area contributed by atoms with Crippen molar-refractivity contribution in [2.75, 3.05) is 13.1 Å². The highest BCUT2D eigenvalue weighted by atomic mass is 16.2. The number of H-pyrrole nitrogens is 1. The molecule has 0 saturated carbocycles. The molecule has 2 aromatic rings. The lowest BCUT2D eigenvalue weighted by molar-refractivity contribution is -0.901. The summed E-state index contributed by atoms with van der Waals surface area (Å²) in [6.07, 6.45) is 4.18. The number of benzene rings is 1. The monoisotopic (exact) mass is 326 g/mol. The van der Waals surface area contributed by atoms with Gasteiger partial charge in [-0.25, -0.2) is 0 Å². The topological polar surface area (TPSA) is 66.4 Å². The summed E-state index contributed by atoms with van der Waals surface area (Å²) in [6.45, 7) is 5.47. The van der Waals surface area contributed by atoms with Crippen LogP contribution in [0.3, 0.4) is 0 Å². The van der Waals surface area contributed by atoms with Crippen molar-refractivity contribution in [2.24, 2.45) is 0 Å². The van der Waals surface area contributed by atoms with Gasteiger partial charge < -0.3 is 15.2 Å². The third-order valence-corrected chi connectivity index (χ3v) is 4.64. The SMILES string of the molecule is CC(=O)c1c[nH]c(C(=O)NCc2ccccc2C[NH+]2CCCC2)c1. The molecule has 0 radical (unpaired) electrons. The average Bonchev–Trinajstić information content (AvgIpc) is 3.25. The summed E-state index contributed by atoms with van der Waals surface area (Å²) in [4.78, 5) is 28.0. The second-order valence-electron chi connectivity index (χ2n) is 6.44. The van der Waals surface area contributed by atoms with Crippen LogP contribution in [-0.2, 0) is 13.1 Å². The number of amides is 1. The van der Waals surface area contributed by atoms with E-state index in [9.17, 15) is 9.59 Å². The third kappa shape index (κ3) is 3.92. The Morgan fingerprint density at radius 1 is 1.17 bits per heavy atom. The number of ketones is 1. The van der Waals surface area contributed by atoms with E-state index >= 15 is 0 Å². The lowest BCUT2D eigenvalue weighted by atomic mass is 10.1. The minimum atomic E-state index is -0.189. The van der Waals surface area contributed by atoms with E-state index in [1.54, 1.807) is 17.2 Å². The highest BCUT2D eigenvalue weighted by Gasteiger charge is 2.17.